The quantitative estimate of drug-likeness (QED) is 0.356. The van der Waals surface area contributed by atoms with Crippen LogP contribution < -0.4 is 10.4 Å². The van der Waals surface area contributed by atoms with Crippen LogP contribution in [-0.2, 0) is 58.4 Å². The van der Waals surface area contributed by atoms with Crippen LogP contribution in [0.1, 0.15) is 22.2 Å². The number of nitrogens with zero attached hydrogens (tertiary/aromatic N) is 2. The summed E-state index contributed by atoms with van der Waals surface area (Å²) < 4.78 is 0. The van der Waals surface area contributed by atoms with Crippen molar-refractivity contribution in [3.63, 3.8) is 0 Å². The molecule has 0 saturated carbocycles. The molecule has 2 aliphatic heterocycles. The Bertz CT molecular complexity index is 975. The van der Waals surface area contributed by atoms with Crippen molar-refractivity contribution in [3.05, 3.63) is 93.1 Å². The van der Waals surface area contributed by atoms with Gasteiger partial charge in [-0.05, 0) is 22.6 Å². The Hall–Kier alpha value is -1.56. The summed E-state index contributed by atoms with van der Waals surface area (Å²) in [5.41, 5.74) is 2.17. The van der Waals surface area contributed by atoms with Crippen LogP contribution in [0.25, 0.3) is 22.8 Å². The fourth-order valence-corrected chi connectivity index (χ4v) is 2.51. The van der Waals surface area contributed by atoms with Crippen molar-refractivity contribution in [2.45, 2.75) is 6.29 Å². The zero-order valence-corrected chi connectivity index (χ0v) is 25.7. The summed E-state index contributed by atoms with van der Waals surface area (Å²) in [6.45, 7) is 0. The largest absolute Gasteiger partial charge is 2.00 e. The molecule has 8 nitrogen and oxygen atoms in total. The van der Waals surface area contributed by atoms with Crippen LogP contribution in [-0.4, -0.2) is 32.2 Å². The van der Waals surface area contributed by atoms with E-state index in [1.54, 1.807) is 12.4 Å². The molecule has 0 spiro atoms. The fourth-order valence-electron chi connectivity index (χ4n) is 2.51. The standard InChI is InChI=1S/C12H8N2.C8H8O4.2H2O.3Zn/c1-3-9-5-6-10-4-2-8-14-12(10)11(9)13-7-1;9-7(10)5-2-1-3-6(4-5)8(11)12;;;;;/h1-8H;1-4,7,9-10H,(H,11,12);2*1H2;;;/q-2;;;;;;+2. The third kappa shape index (κ3) is 8.83. The third-order valence-corrected chi connectivity index (χ3v) is 3.78. The molecule has 31 heavy (non-hydrogen) atoms. The monoisotopic (exact) mass is 576 g/mol. The molecule has 2 aromatic carbocycles. The van der Waals surface area contributed by atoms with E-state index in [4.69, 9.17) is 15.3 Å². The molecule has 2 aromatic rings. The first-order valence-electron chi connectivity index (χ1n) is 7.84. The van der Waals surface area contributed by atoms with Gasteiger partial charge in [0.2, 0.25) is 0 Å². The predicted octanol–water partition coefficient (Wildman–Crippen LogP) is 1.02. The Morgan fingerprint density at radius 3 is 1.74 bits per heavy atom. The van der Waals surface area contributed by atoms with Crippen molar-refractivity contribution < 1.29 is 89.5 Å². The molecule has 0 bridgehead atoms. The molecule has 0 aromatic heterocycles. The first-order valence-corrected chi connectivity index (χ1v) is 7.84. The van der Waals surface area contributed by atoms with E-state index in [1.807, 2.05) is 12.2 Å². The van der Waals surface area contributed by atoms with E-state index >= 15 is 0 Å². The van der Waals surface area contributed by atoms with Gasteiger partial charge in [-0.15, -0.1) is 11.4 Å². The van der Waals surface area contributed by atoms with Crippen LogP contribution in [0.4, 0.5) is 11.4 Å². The van der Waals surface area contributed by atoms with Gasteiger partial charge in [0.15, 0.2) is 6.29 Å². The van der Waals surface area contributed by atoms with Crippen LogP contribution in [0.3, 0.4) is 0 Å². The van der Waals surface area contributed by atoms with Crippen LogP contribution >= 0.6 is 0 Å². The number of benzene rings is 2. The van der Waals surface area contributed by atoms with Crippen LogP contribution in [0, 0.1) is 0 Å². The Labute approximate surface area is 217 Å². The van der Waals surface area contributed by atoms with Crippen molar-refractivity contribution in [2.75, 3.05) is 0 Å². The average molecular weight is 581 g/mol. The van der Waals surface area contributed by atoms with Gasteiger partial charge in [0, 0.05) is 44.5 Å². The van der Waals surface area contributed by atoms with Gasteiger partial charge in [-0.2, -0.15) is 12.4 Å². The number of aliphatic hydroxyl groups is 2. The Kier molecular flexibility index (Phi) is 17.7. The maximum absolute atomic E-state index is 10.4. The average Bonchev–Trinajstić information content (AvgIpc) is 2.68. The van der Waals surface area contributed by atoms with Gasteiger partial charge in [0.05, 0.1) is 5.56 Å². The van der Waals surface area contributed by atoms with E-state index in [-0.39, 0.29) is 80.5 Å². The molecule has 0 saturated heterocycles. The normalized spacial score (nSPS) is 10.9. The summed E-state index contributed by atoms with van der Waals surface area (Å²) in [5, 5.41) is 36.9. The first-order chi connectivity index (χ1) is 12.6. The summed E-state index contributed by atoms with van der Waals surface area (Å²) in [4.78, 5) is 10.4. The van der Waals surface area contributed by atoms with Crippen molar-refractivity contribution in [3.8, 4) is 0 Å². The molecule has 2 heterocycles. The second kappa shape index (κ2) is 16.1. The molecular formula is C20H20N2O6Zn3. The maximum Gasteiger partial charge on any atom is 2.00 e. The van der Waals surface area contributed by atoms with E-state index in [1.165, 1.54) is 24.3 Å². The smallest absolute Gasteiger partial charge is 0.665 e. The van der Waals surface area contributed by atoms with E-state index in [0.717, 1.165) is 21.8 Å². The zero-order chi connectivity index (χ0) is 18.5. The van der Waals surface area contributed by atoms with Gasteiger partial charge in [0.1, 0.15) is 0 Å². The van der Waals surface area contributed by atoms with E-state index in [2.05, 4.69) is 34.9 Å². The molecule has 0 unspecified atom stereocenters. The molecule has 0 aliphatic carbocycles. The van der Waals surface area contributed by atoms with Crippen LogP contribution in [0.15, 0.2) is 61.0 Å². The third-order valence-electron chi connectivity index (χ3n) is 3.78. The van der Waals surface area contributed by atoms with Crippen LogP contribution in [0.5, 0.6) is 0 Å². The number of aliphatic hydroxyl groups excluding tert-OH is 1. The predicted molar refractivity (Wildman–Crippen MR) is 107 cm³/mol. The number of carbonyl (C=O) groups is 1. The summed E-state index contributed by atoms with van der Waals surface area (Å²) in [6.07, 6.45) is 9.97. The van der Waals surface area contributed by atoms with Crippen molar-refractivity contribution in [2.24, 2.45) is 0 Å². The molecular weight excluding hydrogens is 560 g/mol. The number of carboxylic acid groups (broad SMARTS) is 1. The fraction of sp³-hybridized carbons (Fsp3) is 0.0500. The van der Waals surface area contributed by atoms with Gasteiger partial charge in [-0.3, -0.25) is 0 Å². The molecule has 2 aliphatic rings. The summed E-state index contributed by atoms with van der Waals surface area (Å²) >= 11 is 0. The number of rotatable bonds is 2. The maximum atomic E-state index is 10.4. The second-order valence-corrected chi connectivity index (χ2v) is 5.52. The Morgan fingerprint density at radius 2 is 1.32 bits per heavy atom. The van der Waals surface area contributed by atoms with Crippen LogP contribution in [0.2, 0.25) is 0 Å². The number of carboxylic acids is 1. The Balaban J connectivity index is -0.000000440. The molecule has 4 rings (SSSR count). The van der Waals surface area contributed by atoms with Gasteiger partial charge in [-0.1, -0.05) is 48.6 Å². The Morgan fingerprint density at radius 1 is 0.839 bits per heavy atom. The van der Waals surface area contributed by atoms with Crippen molar-refractivity contribution in [1.29, 1.82) is 0 Å². The SMILES string of the molecule is C1=C[N-]c2c3c(ccc2=C1)=CC=C[N-]3.O.O.O=C(O)c1cccc(C(O)O)c1.[Zn+2].[Zn].[Zn]. The van der Waals surface area contributed by atoms with E-state index < -0.39 is 12.3 Å². The van der Waals surface area contributed by atoms with Crippen molar-refractivity contribution in [1.82, 2.24) is 0 Å². The second-order valence-electron chi connectivity index (χ2n) is 5.52. The number of aromatic carboxylic acids is 1. The number of allylic oxidation sites excluding steroid dienone is 2. The summed E-state index contributed by atoms with van der Waals surface area (Å²) in [6, 6.07) is 9.65. The van der Waals surface area contributed by atoms with Gasteiger partial charge < -0.3 is 36.9 Å². The van der Waals surface area contributed by atoms with Gasteiger partial charge >= 0.3 is 25.4 Å². The summed E-state index contributed by atoms with van der Waals surface area (Å²) in [5.74, 6) is -1.09. The molecule has 11 heteroatoms. The molecule has 0 atom stereocenters. The molecule has 152 valence electrons. The number of hydrogen-bond acceptors (Lipinski definition) is 3. The van der Waals surface area contributed by atoms with Crippen molar-refractivity contribution >= 4 is 29.5 Å². The van der Waals surface area contributed by atoms with E-state index in [0.29, 0.717) is 0 Å². The molecule has 0 fully saturated rings. The molecule has 0 radical (unpaired) electrons. The number of fused-ring (bicyclic) bond motifs is 3. The molecule has 7 N–H and O–H groups in total. The summed E-state index contributed by atoms with van der Waals surface area (Å²) in [7, 11) is 0. The minimum atomic E-state index is -1.62. The minimum Gasteiger partial charge on any atom is -0.665 e. The first kappa shape index (κ1) is 34.1. The topological polar surface area (TPSA) is 169 Å². The zero-order valence-electron chi connectivity index (χ0n) is 16.8. The van der Waals surface area contributed by atoms with E-state index in [9.17, 15) is 4.79 Å². The van der Waals surface area contributed by atoms with Gasteiger partial charge in [-0.25, -0.2) is 4.79 Å². The van der Waals surface area contributed by atoms with Gasteiger partial charge in [0.25, 0.3) is 0 Å². The molecule has 0 amide bonds. The number of hydrogen-bond donors (Lipinski definition) is 3. The minimum absolute atomic E-state index is 0.